The number of rotatable bonds is 4. The van der Waals surface area contributed by atoms with Crippen molar-refractivity contribution < 1.29 is 4.39 Å². The van der Waals surface area contributed by atoms with Gasteiger partial charge in [0.15, 0.2) is 0 Å². The molecule has 0 radical (unpaired) electrons. The Hall–Kier alpha value is -1.63. The Kier molecular flexibility index (Phi) is 5.15. The second kappa shape index (κ2) is 7.29. The molecule has 122 valence electrons. The number of halogens is 1. The summed E-state index contributed by atoms with van der Waals surface area (Å²) in [6, 6.07) is 14.3. The first-order chi connectivity index (χ1) is 11.2. The second-order valence-electron chi connectivity index (χ2n) is 6.87. The minimum atomic E-state index is -0.0745. The van der Waals surface area contributed by atoms with Gasteiger partial charge in [0.1, 0.15) is 5.82 Å². The Morgan fingerprint density at radius 3 is 2.35 bits per heavy atom. The van der Waals surface area contributed by atoms with E-state index in [2.05, 4.69) is 37.3 Å². The summed E-state index contributed by atoms with van der Waals surface area (Å²) >= 11 is 0. The summed E-state index contributed by atoms with van der Waals surface area (Å²) < 4.78 is 14.2. The van der Waals surface area contributed by atoms with E-state index in [0.29, 0.717) is 5.92 Å². The summed E-state index contributed by atoms with van der Waals surface area (Å²) in [6.45, 7) is 4.30. The molecule has 1 saturated carbocycles. The van der Waals surface area contributed by atoms with Crippen molar-refractivity contribution in [2.24, 2.45) is 5.92 Å². The summed E-state index contributed by atoms with van der Waals surface area (Å²) in [7, 11) is 0. The first-order valence-corrected chi connectivity index (χ1v) is 9.10. The molecular weight excluding hydrogens is 283 g/mol. The predicted octanol–water partition coefficient (Wildman–Crippen LogP) is 6.74. The maximum absolute atomic E-state index is 14.2. The van der Waals surface area contributed by atoms with Crippen molar-refractivity contribution in [2.45, 2.75) is 58.3 Å². The van der Waals surface area contributed by atoms with Gasteiger partial charge < -0.3 is 0 Å². The molecule has 0 bridgehead atoms. The molecule has 2 aromatic rings. The molecule has 0 nitrogen and oxygen atoms in total. The summed E-state index contributed by atoms with van der Waals surface area (Å²) in [5.41, 5.74) is 4.45. The Morgan fingerprint density at radius 2 is 1.70 bits per heavy atom. The molecule has 0 heterocycles. The van der Waals surface area contributed by atoms with Gasteiger partial charge in [0.05, 0.1) is 0 Å². The van der Waals surface area contributed by atoms with Gasteiger partial charge in [0.2, 0.25) is 0 Å². The molecule has 0 amide bonds. The predicted molar refractivity (Wildman–Crippen MR) is 96.2 cm³/mol. The van der Waals surface area contributed by atoms with Crippen LogP contribution in [0.5, 0.6) is 0 Å². The van der Waals surface area contributed by atoms with Crippen LogP contribution in [0.4, 0.5) is 4.39 Å². The van der Waals surface area contributed by atoms with E-state index >= 15 is 0 Å². The summed E-state index contributed by atoms with van der Waals surface area (Å²) in [4.78, 5) is 0. The molecule has 0 spiro atoms. The molecule has 2 aromatic carbocycles. The van der Waals surface area contributed by atoms with E-state index in [4.69, 9.17) is 0 Å². The monoisotopic (exact) mass is 310 g/mol. The smallest absolute Gasteiger partial charge is 0.127 e. The molecule has 0 atom stereocenters. The van der Waals surface area contributed by atoms with E-state index in [1.54, 1.807) is 6.07 Å². The molecule has 0 saturated heterocycles. The van der Waals surface area contributed by atoms with Crippen LogP contribution in [-0.2, 0) is 6.42 Å². The maximum Gasteiger partial charge on any atom is 0.127 e. The molecule has 1 fully saturated rings. The molecule has 0 N–H and O–H groups in total. The lowest BCUT2D eigenvalue weighted by Gasteiger charge is -2.29. The van der Waals surface area contributed by atoms with Crippen LogP contribution in [0.2, 0.25) is 0 Å². The zero-order chi connectivity index (χ0) is 16.2. The third-order valence-electron chi connectivity index (χ3n) is 5.57. The highest BCUT2D eigenvalue weighted by molar-refractivity contribution is 5.68. The van der Waals surface area contributed by atoms with Crippen LogP contribution in [-0.4, -0.2) is 0 Å². The minimum absolute atomic E-state index is 0.0745. The zero-order valence-corrected chi connectivity index (χ0v) is 14.3. The first kappa shape index (κ1) is 16.2. The molecule has 3 rings (SSSR count). The maximum atomic E-state index is 14.2. The Labute approximate surface area is 139 Å². The number of hydrogen-bond acceptors (Lipinski definition) is 0. The number of hydrogen-bond donors (Lipinski definition) is 0. The van der Waals surface area contributed by atoms with Gasteiger partial charge in [0, 0.05) is 0 Å². The molecular formula is C22H27F. The van der Waals surface area contributed by atoms with Gasteiger partial charge in [-0.15, -0.1) is 0 Å². The van der Waals surface area contributed by atoms with Gasteiger partial charge in [-0.1, -0.05) is 56.7 Å². The van der Waals surface area contributed by atoms with Crippen molar-refractivity contribution >= 4 is 0 Å². The van der Waals surface area contributed by atoms with Gasteiger partial charge in [0.25, 0.3) is 0 Å². The average Bonchev–Trinajstić information content (AvgIpc) is 2.62. The largest absolute Gasteiger partial charge is 0.207 e. The molecule has 1 heteroatoms. The fourth-order valence-electron chi connectivity index (χ4n) is 4.00. The first-order valence-electron chi connectivity index (χ1n) is 9.10. The van der Waals surface area contributed by atoms with Crippen molar-refractivity contribution in [1.82, 2.24) is 0 Å². The molecule has 0 aromatic heterocycles. The van der Waals surface area contributed by atoms with Crippen molar-refractivity contribution in [3.63, 3.8) is 0 Å². The van der Waals surface area contributed by atoms with Crippen LogP contribution >= 0.6 is 0 Å². The van der Waals surface area contributed by atoms with Gasteiger partial charge >= 0.3 is 0 Å². The average molecular weight is 310 g/mol. The highest BCUT2D eigenvalue weighted by atomic mass is 19.1. The molecule has 1 aliphatic rings. The topological polar surface area (TPSA) is 0 Å². The third-order valence-corrected chi connectivity index (χ3v) is 5.57. The minimum Gasteiger partial charge on any atom is -0.207 e. The summed E-state index contributed by atoms with van der Waals surface area (Å²) in [5.74, 6) is 1.46. The molecule has 0 unspecified atom stereocenters. The highest BCUT2D eigenvalue weighted by Gasteiger charge is 2.23. The van der Waals surface area contributed by atoms with Crippen molar-refractivity contribution in [1.29, 1.82) is 0 Å². The number of aryl methyl sites for hydroxylation is 1. The fraction of sp³-hybridized carbons (Fsp3) is 0.455. The van der Waals surface area contributed by atoms with Crippen molar-refractivity contribution in [2.75, 3.05) is 0 Å². The van der Waals surface area contributed by atoms with Gasteiger partial charge in [-0.05, 0) is 72.3 Å². The summed E-state index contributed by atoms with van der Waals surface area (Å²) in [5, 5.41) is 0. The van der Waals surface area contributed by atoms with Crippen LogP contribution in [0.15, 0.2) is 42.5 Å². The quantitative estimate of drug-likeness (QED) is 0.586. The van der Waals surface area contributed by atoms with E-state index < -0.39 is 0 Å². The zero-order valence-electron chi connectivity index (χ0n) is 14.3. The van der Waals surface area contributed by atoms with E-state index in [-0.39, 0.29) is 5.82 Å². The number of benzene rings is 2. The Bertz CT molecular complexity index is 651. The van der Waals surface area contributed by atoms with Crippen LogP contribution in [0, 0.1) is 11.7 Å². The van der Waals surface area contributed by atoms with Crippen molar-refractivity contribution in [3.8, 4) is 11.1 Å². The molecule has 23 heavy (non-hydrogen) atoms. The normalized spacial score (nSPS) is 21.3. The van der Waals surface area contributed by atoms with Crippen LogP contribution in [0.25, 0.3) is 11.1 Å². The van der Waals surface area contributed by atoms with Crippen LogP contribution < -0.4 is 0 Å². The third kappa shape index (κ3) is 3.49. The van der Waals surface area contributed by atoms with E-state index in [9.17, 15) is 4.39 Å². The lowest BCUT2D eigenvalue weighted by atomic mass is 9.76. The Balaban J connectivity index is 1.91. The second-order valence-corrected chi connectivity index (χ2v) is 6.87. The lowest BCUT2D eigenvalue weighted by molar-refractivity contribution is 0.319. The van der Waals surface area contributed by atoms with Gasteiger partial charge in [-0.25, -0.2) is 4.39 Å². The van der Waals surface area contributed by atoms with E-state index in [1.807, 2.05) is 13.0 Å². The van der Waals surface area contributed by atoms with E-state index in [0.717, 1.165) is 23.5 Å². The fourth-order valence-corrected chi connectivity index (χ4v) is 4.00. The Morgan fingerprint density at radius 1 is 0.957 bits per heavy atom. The van der Waals surface area contributed by atoms with Crippen molar-refractivity contribution in [3.05, 3.63) is 59.4 Å². The highest BCUT2D eigenvalue weighted by Crippen LogP contribution is 2.40. The molecule has 1 aliphatic carbocycles. The molecule has 0 aliphatic heterocycles. The lowest BCUT2D eigenvalue weighted by Crippen LogP contribution is -2.13. The summed E-state index contributed by atoms with van der Waals surface area (Å²) in [6.07, 6.45) is 7.25. The van der Waals surface area contributed by atoms with Crippen LogP contribution in [0.3, 0.4) is 0 Å². The van der Waals surface area contributed by atoms with Crippen LogP contribution in [0.1, 0.15) is 63.0 Å². The SMILES string of the molecule is CCc1ccc(-c2ccccc2C2CCC(CC)CC2)cc1F. The van der Waals surface area contributed by atoms with E-state index in [1.165, 1.54) is 43.2 Å². The standard InChI is InChI=1S/C22H27F/c1-3-16-9-11-18(12-10-16)20-7-5-6-8-21(20)19-14-13-17(4-2)22(23)15-19/h5-8,13-16,18H,3-4,9-12H2,1-2H3. The van der Waals surface area contributed by atoms with Gasteiger partial charge in [-0.2, -0.15) is 0 Å². The van der Waals surface area contributed by atoms with Gasteiger partial charge in [-0.3, -0.25) is 0 Å².